The lowest BCUT2D eigenvalue weighted by Gasteiger charge is -2.06. The molecule has 1 aromatic carbocycles. The van der Waals surface area contributed by atoms with Crippen molar-refractivity contribution in [3.63, 3.8) is 0 Å². The van der Waals surface area contributed by atoms with E-state index in [4.69, 9.17) is 4.52 Å². The monoisotopic (exact) mass is 295 g/mol. The molecule has 3 rings (SSSR count). The third-order valence-corrected chi connectivity index (χ3v) is 3.30. The SMILES string of the molecule is CCc1cc(NCc2ccc(-c3noc(C)n3)cc2)ncn1. The fourth-order valence-corrected chi connectivity index (χ4v) is 2.07. The number of nitrogens with one attached hydrogen (secondary N) is 1. The number of aromatic nitrogens is 4. The van der Waals surface area contributed by atoms with E-state index in [1.807, 2.05) is 30.3 Å². The molecule has 0 saturated carbocycles. The van der Waals surface area contributed by atoms with Crippen LogP contribution in [0.15, 0.2) is 41.2 Å². The van der Waals surface area contributed by atoms with Gasteiger partial charge < -0.3 is 9.84 Å². The fourth-order valence-electron chi connectivity index (χ4n) is 2.07. The Kier molecular flexibility index (Phi) is 4.09. The molecule has 0 fully saturated rings. The van der Waals surface area contributed by atoms with Crippen LogP contribution in [0.25, 0.3) is 11.4 Å². The summed E-state index contributed by atoms with van der Waals surface area (Å²) in [5.41, 5.74) is 3.12. The second-order valence-corrected chi connectivity index (χ2v) is 4.94. The number of nitrogens with zero attached hydrogens (tertiary/aromatic N) is 4. The number of hydrogen-bond acceptors (Lipinski definition) is 6. The Morgan fingerprint density at radius 2 is 1.95 bits per heavy atom. The van der Waals surface area contributed by atoms with Crippen molar-refractivity contribution in [1.82, 2.24) is 20.1 Å². The summed E-state index contributed by atoms with van der Waals surface area (Å²) in [6, 6.07) is 10.0. The second kappa shape index (κ2) is 6.34. The number of rotatable bonds is 5. The van der Waals surface area contributed by atoms with Crippen molar-refractivity contribution < 1.29 is 4.52 Å². The van der Waals surface area contributed by atoms with Crippen LogP contribution in [-0.2, 0) is 13.0 Å². The molecule has 0 unspecified atom stereocenters. The zero-order valence-corrected chi connectivity index (χ0v) is 12.6. The van der Waals surface area contributed by atoms with Crippen LogP contribution >= 0.6 is 0 Å². The van der Waals surface area contributed by atoms with Crippen molar-refractivity contribution in [1.29, 1.82) is 0 Å². The zero-order valence-electron chi connectivity index (χ0n) is 12.6. The normalized spacial score (nSPS) is 10.6. The van der Waals surface area contributed by atoms with Crippen molar-refractivity contribution in [3.05, 3.63) is 53.8 Å². The third kappa shape index (κ3) is 3.28. The molecule has 0 bridgehead atoms. The lowest BCUT2D eigenvalue weighted by atomic mass is 10.1. The quantitative estimate of drug-likeness (QED) is 0.779. The van der Waals surface area contributed by atoms with Crippen molar-refractivity contribution >= 4 is 5.82 Å². The zero-order chi connectivity index (χ0) is 15.4. The molecule has 0 spiro atoms. The van der Waals surface area contributed by atoms with Gasteiger partial charge in [0.25, 0.3) is 0 Å². The summed E-state index contributed by atoms with van der Waals surface area (Å²) in [6.45, 7) is 4.55. The van der Waals surface area contributed by atoms with E-state index in [0.717, 1.165) is 29.1 Å². The van der Waals surface area contributed by atoms with Gasteiger partial charge in [0, 0.05) is 30.8 Å². The molecule has 0 aliphatic rings. The minimum atomic E-state index is 0.566. The summed E-state index contributed by atoms with van der Waals surface area (Å²) in [5.74, 6) is 2.02. The predicted molar refractivity (Wildman–Crippen MR) is 83.2 cm³/mol. The molecule has 0 aliphatic heterocycles. The second-order valence-electron chi connectivity index (χ2n) is 4.94. The van der Waals surface area contributed by atoms with E-state index in [1.54, 1.807) is 13.3 Å². The Balaban J connectivity index is 1.66. The van der Waals surface area contributed by atoms with Gasteiger partial charge in [-0.2, -0.15) is 4.98 Å². The van der Waals surface area contributed by atoms with E-state index in [2.05, 4.69) is 32.3 Å². The van der Waals surface area contributed by atoms with Crippen molar-refractivity contribution in [3.8, 4) is 11.4 Å². The minimum Gasteiger partial charge on any atom is -0.366 e. The highest BCUT2D eigenvalue weighted by Gasteiger charge is 2.05. The summed E-state index contributed by atoms with van der Waals surface area (Å²) in [7, 11) is 0. The average molecular weight is 295 g/mol. The largest absolute Gasteiger partial charge is 0.366 e. The first-order chi connectivity index (χ1) is 10.7. The minimum absolute atomic E-state index is 0.566. The predicted octanol–water partition coefficient (Wildman–Crippen LogP) is 3.01. The van der Waals surface area contributed by atoms with Gasteiger partial charge in [-0.05, 0) is 12.0 Å². The first kappa shape index (κ1) is 14.2. The van der Waals surface area contributed by atoms with Gasteiger partial charge in [-0.3, -0.25) is 0 Å². The lowest BCUT2D eigenvalue weighted by molar-refractivity contribution is 0.394. The average Bonchev–Trinajstić information content (AvgIpc) is 3.00. The molecule has 112 valence electrons. The van der Waals surface area contributed by atoms with Crippen molar-refractivity contribution in [2.24, 2.45) is 0 Å². The smallest absolute Gasteiger partial charge is 0.223 e. The van der Waals surface area contributed by atoms with Gasteiger partial charge in [0.2, 0.25) is 11.7 Å². The molecule has 6 heteroatoms. The molecule has 0 radical (unpaired) electrons. The Morgan fingerprint density at radius 1 is 1.14 bits per heavy atom. The van der Waals surface area contributed by atoms with E-state index >= 15 is 0 Å². The van der Waals surface area contributed by atoms with Crippen LogP contribution in [0.3, 0.4) is 0 Å². The van der Waals surface area contributed by atoms with Crippen LogP contribution < -0.4 is 5.32 Å². The Labute approximate surface area is 128 Å². The van der Waals surface area contributed by atoms with Crippen LogP contribution in [0.2, 0.25) is 0 Å². The van der Waals surface area contributed by atoms with Crippen LogP contribution in [-0.4, -0.2) is 20.1 Å². The van der Waals surface area contributed by atoms with E-state index in [0.29, 0.717) is 18.3 Å². The molecule has 1 N–H and O–H groups in total. The van der Waals surface area contributed by atoms with E-state index in [-0.39, 0.29) is 0 Å². The molecule has 0 saturated heterocycles. The highest BCUT2D eigenvalue weighted by Crippen LogP contribution is 2.17. The number of anilines is 1. The summed E-state index contributed by atoms with van der Waals surface area (Å²) >= 11 is 0. The van der Waals surface area contributed by atoms with Crippen LogP contribution in [0.4, 0.5) is 5.82 Å². The molecule has 22 heavy (non-hydrogen) atoms. The van der Waals surface area contributed by atoms with Crippen LogP contribution in [0, 0.1) is 6.92 Å². The molecular weight excluding hydrogens is 278 g/mol. The first-order valence-electron chi connectivity index (χ1n) is 7.19. The number of benzene rings is 1. The Bertz CT molecular complexity index is 751. The summed E-state index contributed by atoms with van der Waals surface area (Å²) in [4.78, 5) is 12.6. The van der Waals surface area contributed by atoms with Gasteiger partial charge in [0.15, 0.2) is 0 Å². The Hall–Kier alpha value is -2.76. The van der Waals surface area contributed by atoms with E-state index < -0.39 is 0 Å². The molecule has 2 aromatic heterocycles. The third-order valence-electron chi connectivity index (χ3n) is 3.30. The molecular formula is C16H17N5O. The van der Waals surface area contributed by atoms with Gasteiger partial charge >= 0.3 is 0 Å². The maximum Gasteiger partial charge on any atom is 0.223 e. The van der Waals surface area contributed by atoms with Gasteiger partial charge in [-0.15, -0.1) is 0 Å². The highest BCUT2D eigenvalue weighted by molar-refractivity contribution is 5.54. The number of hydrogen-bond donors (Lipinski definition) is 1. The molecule has 6 nitrogen and oxygen atoms in total. The van der Waals surface area contributed by atoms with Crippen LogP contribution in [0.1, 0.15) is 24.1 Å². The van der Waals surface area contributed by atoms with Crippen molar-refractivity contribution in [2.45, 2.75) is 26.8 Å². The summed E-state index contributed by atoms with van der Waals surface area (Å²) in [5, 5.41) is 7.21. The molecule has 0 aliphatic carbocycles. The summed E-state index contributed by atoms with van der Waals surface area (Å²) in [6.07, 6.45) is 2.48. The summed E-state index contributed by atoms with van der Waals surface area (Å²) < 4.78 is 4.99. The molecule has 2 heterocycles. The standard InChI is InChI=1S/C16H17N5O/c1-3-14-8-15(19-10-18-14)17-9-12-4-6-13(7-5-12)16-20-11(2)22-21-16/h4-8,10H,3,9H2,1-2H3,(H,17,18,19). The first-order valence-corrected chi connectivity index (χ1v) is 7.19. The molecule has 0 atom stereocenters. The maximum atomic E-state index is 4.99. The van der Waals surface area contributed by atoms with Crippen LogP contribution in [0.5, 0.6) is 0 Å². The maximum absolute atomic E-state index is 4.99. The lowest BCUT2D eigenvalue weighted by Crippen LogP contribution is -2.02. The highest BCUT2D eigenvalue weighted by atomic mass is 16.5. The fraction of sp³-hybridized carbons (Fsp3) is 0.250. The van der Waals surface area contributed by atoms with Crippen molar-refractivity contribution in [2.75, 3.05) is 5.32 Å². The van der Waals surface area contributed by atoms with Gasteiger partial charge in [0.05, 0.1) is 0 Å². The Morgan fingerprint density at radius 3 is 2.64 bits per heavy atom. The van der Waals surface area contributed by atoms with Gasteiger partial charge in [-0.25, -0.2) is 9.97 Å². The molecule has 0 amide bonds. The topological polar surface area (TPSA) is 76.7 Å². The number of aryl methyl sites for hydroxylation is 2. The van der Waals surface area contributed by atoms with Gasteiger partial charge in [-0.1, -0.05) is 36.3 Å². The van der Waals surface area contributed by atoms with Gasteiger partial charge in [0.1, 0.15) is 12.1 Å². The molecule has 3 aromatic rings. The van der Waals surface area contributed by atoms with E-state index in [9.17, 15) is 0 Å². The van der Waals surface area contributed by atoms with E-state index in [1.165, 1.54) is 0 Å².